The van der Waals surface area contributed by atoms with Gasteiger partial charge in [-0.2, -0.15) is 5.26 Å². The van der Waals surface area contributed by atoms with Gasteiger partial charge in [-0.15, -0.1) is 0 Å². The van der Waals surface area contributed by atoms with E-state index in [1.54, 1.807) is 0 Å². The van der Waals surface area contributed by atoms with E-state index in [2.05, 4.69) is 11.0 Å². The second kappa shape index (κ2) is 4.29. The third-order valence-corrected chi connectivity index (χ3v) is 3.71. The average molecular weight is 193 g/mol. The highest BCUT2D eigenvalue weighted by atomic mass is 15.2. The zero-order valence-electron chi connectivity index (χ0n) is 8.65. The predicted molar refractivity (Wildman–Crippen MR) is 55.6 cm³/mol. The van der Waals surface area contributed by atoms with E-state index in [9.17, 15) is 0 Å². The minimum absolute atomic E-state index is 0.267. The molecule has 0 amide bonds. The Kier molecular flexibility index (Phi) is 3.05. The van der Waals surface area contributed by atoms with Crippen molar-refractivity contribution in [1.29, 1.82) is 5.26 Å². The van der Waals surface area contributed by atoms with Crippen molar-refractivity contribution >= 4 is 0 Å². The second-order valence-corrected chi connectivity index (χ2v) is 4.58. The molecule has 2 rings (SSSR count). The molecule has 3 unspecified atom stereocenters. The molecule has 2 fully saturated rings. The molecule has 0 saturated carbocycles. The molecule has 0 radical (unpaired) electrons. The number of rotatable bonds is 3. The number of hydrogen-bond acceptors (Lipinski definition) is 3. The van der Waals surface area contributed by atoms with Gasteiger partial charge in [0, 0.05) is 18.6 Å². The van der Waals surface area contributed by atoms with Gasteiger partial charge in [0.2, 0.25) is 0 Å². The highest BCUT2D eigenvalue weighted by molar-refractivity contribution is 4.94. The first kappa shape index (κ1) is 9.95. The number of piperidine rings is 1. The maximum absolute atomic E-state index is 8.62. The summed E-state index contributed by atoms with van der Waals surface area (Å²) in [6, 6.07) is 3.45. The van der Waals surface area contributed by atoms with E-state index in [0.29, 0.717) is 0 Å². The van der Waals surface area contributed by atoms with Crippen LogP contribution in [-0.4, -0.2) is 29.6 Å². The Morgan fingerprint density at radius 1 is 1.29 bits per heavy atom. The van der Waals surface area contributed by atoms with Crippen LogP contribution in [0.3, 0.4) is 0 Å². The van der Waals surface area contributed by atoms with E-state index >= 15 is 0 Å². The van der Waals surface area contributed by atoms with E-state index in [0.717, 1.165) is 25.0 Å². The average Bonchev–Trinajstić information content (AvgIpc) is 2.45. The van der Waals surface area contributed by atoms with Crippen molar-refractivity contribution in [2.75, 3.05) is 6.54 Å². The van der Waals surface area contributed by atoms with Gasteiger partial charge in [-0.3, -0.25) is 4.90 Å². The van der Waals surface area contributed by atoms with Crippen LogP contribution >= 0.6 is 0 Å². The summed E-state index contributed by atoms with van der Waals surface area (Å²) >= 11 is 0. The molecule has 3 heteroatoms. The fourth-order valence-corrected chi connectivity index (χ4v) is 2.94. The van der Waals surface area contributed by atoms with Crippen LogP contribution in [0, 0.1) is 11.3 Å². The number of nitrogens with two attached hydrogens (primary N) is 1. The Balaban J connectivity index is 1.83. The summed E-state index contributed by atoms with van der Waals surface area (Å²) in [5.74, 6) is 0. The third-order valence-electron chi connectivity index (χ3n) is 3.71. The lowest BCUT2D eigenvalue weighted by Crippen LogP contribution is -2.41. The molecule has 3 atom stereocenters. The maximum atomic E-state index is 8.62. The van der Waals surface area contributed by atoms with Crippen molar-refractivity contribution in [2.24, 2.45) is 5.73 Å². The quantitative estimate of drug-likeness (QED) is 0.733. The van der Waals surface area contributed by atoms with Crippen LogP contribution in [0.4, 0.5) is 0 Å². The fraction of sp³-hybridized carbons (Fsp3) is 0.909. The van der Waals surface area contributed by atoms with Crippen molar-refractivity contribution < 1.29 is 0 Å². The summed E-state index contributed by atoms with van der Waals surface area (Å²) in [4.78, 5) is 2.60. The molecule has 2 heterocycles. The van der Waals surface area contributed by atoms with Crippen LogP contribution in [-0.2, 0) is 0 Å². The predicted octanol–water partition coefficient (Wildman–Crippen LogP) is 1.24. The van der Waals surface area contributed by atoms with E-state index in [-0.39, 0.29) is 6.04 Å². The molecule has 0 spiro atoms. The Labute approximate surface area is 85.9 Å². The topological polar surface area (TPSA) is 53.1 Å². The van der Waals surface area contributed by atoms with E-state index < -0.39 is 0 Å². The van der Waals surface area contributed by atoms with Crippen molar-refractivity contribution in [3.05, 3.63) is 0 Å². The van der Waals surface area contributed by atoms with Gasteiger partial charge in [0.25, 0.3) is 0 Å². The van der Waals surface area contributed by atoms with Crippen LogP contribution < -0.4 is 5.73 Å². The fourth-order valence-electron chi connectivity index (χ4n) is 2.94. The molecule has 2 saturated heterocycles. The van der Waals surface area contributed by atoms with Crippen molar-refractivity contribution in [3.63, 3.8) is 0 Å². The number of nitriles is 1. The van der Waals surface area contributed by atoms with Gasteiger partial charge < -0.3 is 5.73 Å². The van der Waals surface area contributed by atoms with Crippen molar-refractivity contribution in [3.8, 4) is 6.07 Å². The molecule has 2 N–H and O–H groups in total. The Morgan fingerprint density at radius 2 is 1.93 bits per heavy atom. The summed E-state index contributed by atoms with van der Waals surface area (Å²) in [6.07, 6.45) is 7.69. The summed E-state index contributed by atoms with van der Waals surface area (Å²) in [5.41, 5.74) is 5.61. The molecule has 0 aromatic rings. The molecule has 14 heavy (non-hydrogen) atoms. The monoisotopic (exact) mass is 193 g/mol. The molecule has 0 aromatic heterocycles. The van der Waals surface area contributed by atoms with Gasteiger partial charge in [-0.05, 0) is 32.1 Å². The molecule has 3 nitrogen and oxygen atoms in total. The van der Waals surface area contributed by atoms with Crippen molar-refractivity contribution in [1.82, 2.24) is 4.90 Å². The van der Waals surface area contributed by atoms with Crippen molar-refractivity contribution in [2.45, 2.75) is 56.7 Å². The summed E-state index contributed by atoms with van der Waals surface area (Å²) in [7, 11) is 0. The van der Waals surface area contributed by atoms with E-state index in [1.165, 1.54) is 32.1 Å². The highest BCUT2D eigenvalue weighted by Gasteiger charge is 2.35. The Morgan fingerprint density at radius 3 is 2.50 bits per heavy atom. The van der Waals surface area contributed by atoms with Crippen LogP contribution in [0.1, 0.15) is 38.5 Å². The minimum atomic E-state index is -0.267. The summed E-state index contributed by atoms with van der Waals surface area (Å²) in [5, 5.41) is 8.62. The zero-order chi connectivity index (χ0) is 9.97. The second-order valence-electron chi connectivity index (χ2n) is 4.58. The lowest BCUT2D eigenvalue weighted by Gasteiger charge is -2.34. The van der Waals surface area contributed by atoms with Gasteiger partial charge in [0.05, 0.1) is 12.1 Å². The molecule has 78 valence electrons. The van der Waals surface area contributed by atoms with E-state index in [4.69, 9.17) is 11.0 Å². The van der Waals surface area contributed by atoms with Crippen LogP contribution in [0.5, 0.6) is 0 Å². The normalized spacial score (nSPS) is 34.0. The molecule has 0 aromatic carbocycles. The minimum Gasteiger partial charge on any atom is -0.316 e. The first-order chi connectivity index (χ1) is 6.81. The Hall–Kier alpha value is -0.590. The molecular weight excluding hydrogens is 174 g/mol. The number of nitrogens with zero attached hydrogens (tertiary/aromatic N) is 2. The third kappa shape index (κ3) is 1.92. The largest absolute Gasteiger partial charge is 0.316 e. The standard InChI is InChI=1S/C11H19N3/c12-8-9(13)6-7-14-10-2-1-3-11(14)5-4-10/h9-11H,1-7,13H2. The van der Waals surface area contributed by atoms with Gasteiger partial charge in [-0.25, -0.2) is 0 Å². The van der Waals surface area contributed by atoms with Crippen LogP contribution in [0.25, 0.3) is 0 Å². The SMILES string of the molecule is N#CC(N)CCN1C2CCCC1CC2. The number of hydrogen-bond donors (Lipinski definition) is 1. The van der Waals surface area contributed by atoms with Crippen LogP contribution in [0.15, 0.2) is 0 Å². The van der Waals surface area contributed by atoms with Gasteiger partial charge >= 0.3 is 0 Å². The highest BCUT2D eigenvalue weighted by Crippen LogP contribution is 2.35. The molecular formula is C11H19N3. The summed E-state index contributed by atoms with van der Waals surface area (Å²) in [6.45, 7) is 1.03. The van der Waals surface area contributed by atoms with Crippen LogP contribution in [0.2, 0.25) is 0 Å². The van der Waals surface area contributed by atoms with Gasteiger partial charge in [0.15, 0.2) is 0 Å². The van der Waals surface area contributed by atoms with Gasteiger partial charge in [0.1, 0.15) is 0 Å². The molecule has 2 aliphatic heterocycles. The molecule has 2 aliphatic rings. The lowest BCUT2D eigenvalue weighted by atomic mass is 10.0. The van der Waals surface area contributed by atoms with E-state index in [1.807, 2.05) is 0 Å². The first-order valence-corrected chi connectivity index (χ1v) is 5.72. The molecule has 0 aliphatic carbocycles. The first-order valence-electron chi connectivity index (χ1n) is 5.72. The Bertz CT molecular complexity index is 217. The smallest absolute Gasteiger partial charge is 0.0940 e. The molecule has 2 bridgehead atoms. The zero-order valence-corrected chi connectivity index (χ0v) is 8.65. The lowest BCUT2D eigenvalue weighted by molar-refractivity contribution is 0.138. The summed E-state index contributed by atoms with van der Waals surface area (Å²) < 4.78 is 0. The maximum Gasteiger partial charge on any atom is 0.0940 e. The number of fused-ring (bicyclic) bond motifs is 2. The van der Waals surface area contributed by atoms with Gasteiger partial charge in [-0.1, -0.05) is 6.42 Å².